The highest BCUT2D eigenvalue weighted by molar-refractivity contribution is 5.38. The molecule has 0 bridgehead atoms. The Morgan fingerprint density at radius 3 is 2.67 bits per heavy atom. The van der Waals surface area contributed by atoms with Crippen molar-refractivity contribution in [1.29, 1.82) is 0 Å². The number of nitrogens with one attached hydrogen (secondary N) is 1. The van der Waals surface area contributed by atoms with Crippen LogP contribution >= 0.6 is 0 Å². The van der Waals surface area contributed by atoms with Crippen molar-refractivity contribution in [3.8, 4) is 0 Å². The minimum atomic E-state index is 0.583. The van der Waals surface area contributed by atoms with Crippen LogP contribution in [0.3, 0.4) is 0 Å². The Balaban J connectivity index is 1.98. The second kappa shape index (κ2) is 4.60. The highest BCUT2D eigenvalue weighted by Gasteiger charge is 2.25. The van der Waals surface area contributed by atoms with E-state index in [1.165, 1.54) is 19.3 Å². The fraction of sp³-hybridized carbons (Fsp3) is 0.667. The molecule has 1 aromatic heterocycles. The quantitative estimate of drug-likeness (QED) is 0.806. The highest BCUT2D eigenvalue weighted by atomic mass is 15.0. The molecule has 2 rings (SSSR count). The van der Waals surface area contributed by atoms with Gasteiger partial charge in [0.15, 0.2) is 0 Å². The van der Waals surface area contributed by atoms with E-state index in [9.17, 15) is 0 Å². The molecule has 1 fully saturated rings. The summed E-state index contributed by atoms with van der Waals surface area (Å²) < 4.78 is 0. The predicted molar refractivity (Wildman–Crippen MR) is 61.6 cm³/mol. The van der Waals surface area contributed by atoms with Crippen LogP contribution in [0.4, 0.5) is 5.69 Å². The summed E-state index contributed by atoms with van der Waals surface area (Å²) in [7, 11) is 0. The van der Waals surface area contributed by atoms with Gasteiger partial charge in [-0.2, -0.15) is 0 Å². The zero-order valence-electron chi connectivity index (χ0n) is 9.48. The summed E-state index contributed by atoms with van der Waals surface area (Å²) in [5, 5.41) is 3.54. The topological polar surface area (TPSA) is 37.8 Å². The molecule has 82 valence electrons. The van der Waals surface area contributed by atoms with Crippen molar-refractivity contribution in [3.05, 3.63) is 18.7 Å². The predicted octanol–water partition coefficient (Wildman–Crippen LogP) is 2.71. The molecule has 0 amide bonds. The van der Waals surface area contributed by atoms with Gasteiger partial charge in [0.1, 0.15) is 6.33 Å². The monoisotopic (exact) mass is 205 g/mol. The van der Waals surface area contributed by atoms with Crippen molar-refractivity contribution in [2.45, 2.75) is 39.2 Å². The lowest BCUT2D eigenvalue weighted by atomic mass is 9.80. The Labute approximate surface area is 91.3 Å². The van der Waals surface area contributed by atoms with Gasteiger partial charge in [-0.1, -0.05) is 20.3 Å². The van der Waals surface area contributed by atoms with Crippen LogP contribution in [-0.2, 0) is 0 Å². The van der Waals surface area contributed by atoms with Gasteiger partial charge in [-0.3, -0.25) is 0 Å². The maximum atomic E-state index is 4.02. The fourth-order valence-electron chi connectivity index (χ4n) is 2.32. The molecule has 0 radical (unpaired) electrons. The van der Waals surface area contributed by atoms with Gasteiger partial charge >= 0.3 is 0 Å². The minimum absolute atomic E-state index is 0.583. The summed E-state index contributed by atoms with van der Waals surface area (Å²) in [6.07, 6.45) is 9.21. The average molecular weight is 205 g/mol. The van der Waals surface area contributed by atoms with Gasteiger partial charge in [-0.25, -0.2) is 9.97 Å². The summed E-state index contributed by atoms with van der Waals surface area (Å²) in [6.45, 7) is 4.66. The summed E-state index contributed by atoms with van der Waals surface area (Å²) >= 11 is 0. The molecule has 1 aromatic rings. The third kappa shape index (κ3) is 2.67. The molecule has 1 aliphatic carbocycles. The second-order valence-corrected chi connectivity index (χ2v) is 4.77. The molecule has 15 heavy (non-hydrogen) atoms. The Bertz CT molecular complexity index is 299. The largest absolute Gasteiger partial charge is 0.380 e. The molecule has 3 heteroatoms. The molecular weight excluding hydrogens is 186 g/mol. The first-order valence-corrected chi connectivity index (χ1v) is 5.77. The third-order valence-electron chi connectivity index (χ3n) is 3.37. The Kier molecular flexibility index (Phi) is 3.19. The average Bonchev–Trinajstić information content (AvgIpc) is 2.25. The molecule has 1 heterocycles. The van der Waals surface area contributed by atoms with E-state index in [-0.39, 0.29) is 0 Å². The van der Waals surface area contributed by atoms with Crippen LogP contribution in [0.5, 0.6) is 0 Å². The normalized spacial score (nSPS) is 31.2. The van der Waals surface area contributed by atoms with Crippen molar-refractivity contribution >= 4 is 5.69 Å². The molecule has 3 nitrogen and oxygen atoms in total. The van der Waals surface area contributed by atoms with Crippen LogP contribution < -0.4 is 5.32 Å². The highest BCUT2D eigenvalue weighted by Crippen LogP contribution is 2.30. The van der Waals surface area contributed by atoms with E-state index in [1.54, 1.807) is 6.33 Å². The number of nitrogens with zero attached hydrogens (tertiary/aromatic N) is 2. The zero-order chi connectivity index (χ0) is 10.7. The van der Waals surface area contributed by atoms with Crippen molar-refractivity contribution in [3.63, 3.8) is 0 Å². The van der Waals surface area contributed by atoms with Crippen molar-refractivity contribution in [2.75, 3.05) is 5.32 Å². The first-order chi connectivity index (χ1) is 7.25. The summed E-state index contributed by atoms with van der Waals surface area (Å²) in [5.41, 5.74) is 1.04. The molecule has 1 aliphatic rings. The molecular formula is C12H19N3. The molecule has 0 aliphatic heterocycles. The summed E-state index contributed by atoms with van der Waals surface area (Å²) in [5.74, 6) is 1.59. The smallest absolute Gasteiger partial charge is 0.115 e. The lowest BCUT2D eigenvalue weighted by Crippen LogP contribution is -2.33. The molecule has 0 aromatic carbocycles. The van der Waals surface area contributed by atoms with Gasteiger partial charge in [-0.05, 0) is 24.7 Å². The van der Waals surface area contributed by atoms with Crippen molar-refractivity contribution in [2.24, 2.45) is 11.8 Å². The second-order valence-electron chi connectivity index (χ2n) is 4.77. The maximum absolute atomic E-state index is 4.02. The van der Waals surface area contributed by atoms with Gasteiger partial charge in [0, 0.05) is 6.04 Å². The molecule has 0 spiro atoms. The first kappa shape index (κ1) is 10.4. The van der Waals surface area contributed by atoms with Crippen LogP contribution in [0, 0.1) is 11.8 Å². The Morgan fingerprint density at radius 1 is 1.20 bits per heavy atom. The Morgan fingerprint density at radius 2 is 1.93 bits per heavy atom. The van der Waals surface area contributed by atoms with E-state index in [0.717, 1.165) is 17.5 Å². The van der Waals surface area contributed by atoms with Gasteiger partial charge in [0.2, 0.25) is 0 Å². The van der Waals surface area contributed by atoms with Crippen LogP contribution in [0.1, 0.15) is 33.1 Å². The number of hydrogen-bond acceptors (Lipinski definition) is 3. The molecule has 1 N–H and O–H groups in total. The van der Waals surface area contributed by atoms with E-state index in [0.29, 0.717) is 6.04 Å². The number of anilines is 1. The van der Waals surface area contributed by atoms with E-state index in [2.05, 4.69) is 29.1 Å². The van der Waals surface area contributed by atoms with E-state index < -0.39 is 0 Å². The van der Waals surface area contributed by atoms with Crippen LogP contribution in [0.15, 0.2) is 18.7 Å². The number of hydrogen-bond donors (Lipinski definition) is 1. The van der Waals surface area contributed by atoms with E-state index >= 15 is 0 Å². The Hall–Kier alpha value is -1.12. The molecule has 3 unspecified atom stereocenters. The minimum Gasteiger partial charge on any atom is -0.380 e. The van der Waals surface area contributed by atoms with Gasteiger partial charge in [-0.15, -0.1) is 0 Å². The zero-order valence-corrected chi connectivity index (χ0v) is 9.48. The lowest BCUT2D eigenvalue weighted by molar-refractivity contribution is 0.280. The van der Waals surface area contributed by atoms with Gasteiger partial charge < -0.3 is 5.32 Å². The van der Waals surface area contributed by atoms with Gasteiger partial charge in [0.05, 0.1) is 18.1 Å². The van der Waals surface area contributed by atoms with Crippen LogP contribution in [0.25, 0.3) is 0 Å². The molecule has 0 saturated heterocycles. The summed E-state index contributed by atoms with van der Waals surface area (Å²) in [4.78, 5) is 8.04. The maximum Gasteiger partial charge on any atom is 0.115 e. The van der Waals surface area contributed by atoms with Crippen molar-refractivity contribution < 1.29 is 0 Å². The lowest BCUT2D eigenvalue weighted by Gasteiger charge is -2.33. The summed E-state index contributed by atoms with van der Waals surface area (Å²) in [6, 6.07) is 0.583. The third-order valence-corrected chi connectivity index (χ3v) is 3.37. The molecule has 1 saturated carbocycles. The molecule has 3 atom stereocenters. The van der Waals surface area contributed by atoms with Crippen LogP contribution in [-0.4, -0.2) is 16.0 Å². The van der Waals surface area contributed by atoms with Crippen LogP contribution in [0.2, 0.25) is 0 Å². The number of aromatic nitrogens is 2. The number of rotatable bonds is 2. The SMILES string of the molecule is CC1CCC(C)C(Nc2cncnc2)C1. The van der Waals surface area contributed by atoms with E-state index in [4.69, 9.17) is 0 Å². The van der Waals surface area contributed by atoms with E-state index in [1.807, 2.05) is 12.4 Å². The first-order valence-electron chi connectivity index (χ1n) is 5.77. The fourth-order valence-corrected chi connectivity index (χ4v) is 2.32. The van der Waals surface area contributed by atoms with Gasteiger partial charge in [0.25, 0.3) is 0 Å². The standard InChI is InChI=1S/C12H19N3/c1-9-3-4-10(2)12(5-9)15-11-6-13-8-14-7-11/h6-10,12,15H,3-5H2,1-2H3. The van der Waals surface area contributed by atoms with Crippen molar-refractivity contribution in [1.82, 2.24) is 9.97 Å².